The van der Waals surface area contributed by atoms with E-state index in [1.807, 2.05) is 26.8 Å². The van der Waals surface area contributed by atoms with Crippen molar-refractivity contribution in [1.29, 1.82) is 0 Å². The van der Waals surface area contributed by atoms with Gasteiger partial charge in [-0.25, -0.2) is 0 Å². The monoisotopic (exact) mass is 452 g/mol. The van der Waals surface area contributed by atoms with Crippen LogP contribution in [0.15, 0.2) is 23.1 Å². The van der Waals surface area contributed by atoms with E-state index in [0.717, 1.165) is 30.4 Å². The molecule has 1 atom stereocenters. The van der Waals surface area contributed by atoms with Crippen molar-refractivity contribution in [2.75, 3.05) is 0 Å². The zero-order valence-corrected chi connectivity index (χ0v) is 21.6. The second kappa shape index (κ2) is 16.7. The average Bonchev–Trinajstić information content (AvgIpc) is 2.72. The van der Waals surface area contributed by atoms with Gasteiger partial charge in [0.2, 0.25) is 0 Å². The molecule has 1 aromatic carbocycles. The lowest BCUT2D eigenvalue weighted by Crippen LogP contribution is -2.15. The second-order valence-electron chi connectivity index (χ2n) is 9.35. The van der Waals surface area contributed by atoms with Crippen LogP contribution in [0.1, 0.15) is 128 Å². The first-order chi connectivity index (χ1) is 14.9. The second-order valence-corrected chi connectivity index (χ2v) is 10.9. The van der Waals surface area contributed by atoms with Gasteiger partial charge in [-0.05, 0) is 50.5 Å². The van der Waals surface area contributed by atoms with Crippen LogP contribution >= 0.6 is 0 Å². The molecule has 3 nitrogen and oxygen atoms in total. The molecule has 31 heavy (non-hydrogen) atoms. The summed E-state index contributed by atoms with van der Waals surface area (Å²) in [5.74, 6) is 0. The normalized spacial score (nSPS) is 12.9. The predicted molar refractivity (Wildman–Crippen MR) is 133 cm³/mol. The van der Waals surface area contributed by atoms with E-state index in [2.05, 4.69) is 6.92 Å². The molecule has 4 heteroatoms. The van der Waals surface area contributed by atoms with Crippen molar-refractivity contribution < 1.29 is 12.6 Å². The highest BCUT2D eigenvalue weighted by Gasteiger charge is 2.19. The van der Waals surface area contributed by atoms with Gasteiger partial charge in [-0.3, -0.25) is 4.18 Å². The number of hydrogen-bond acceptors (Lipinski definition) is 3. The maximum atomic E-state index is 12.4. The minimum absolute atomic E-state index is 0.263. The van der Waals surface area contributed by atoms with Crippen molar-refractivity contribution in [2.45, 2.75) is 141 Å². The van der Waals surface area contributed by atoms with Gasteiger partial charge < -0.3 is 0 Å². The quantitative estimate of drug-likeness (QED) is 0.156. The molecule has 1 rings (SSSR count). The van der Waals surface area contributed by atoms with Crippen LogP contribution in [0.3, 0.4) is 0 Å². The van der Waals surface area contributed by atoms with Crippen molar-refractivity contribution in [3.05, 3.63) is 29.3 Å². The third-order valence-electron chi connectivity index (χ3n) is 6.27. The number of hydrogen-bond donors (Lipinski definition) is 0. The van der Waals surface area contributed by atoms with Gasteiger partial charge in [0.25, 0.3) is 10.1 Å². The Morgan fingerprint density at radius 3 is 1.61 bits per heavy atom. The third kappa shape index (κ3) is 13.3. The summed E-state index contributed by atoms with van der Waals surface area (Å²) >= 11 is 0. The fourth-order valence-electron chi connectivity index (χ4n) is 3.99. The molecule has 0 fully saturated rings. The maximum absolute atomic E-state index is 12.4. The van der Waals surface area contributed by atoms with E-state index in [1.165, 1.54) is 83.5 Å². The summed E-state index contributed by atoms with van der Waals surface area (Å²) in [6.07, 6.45) is 20.6. The molecule has 0 saturated carbocycles. The molecule has 0 aromatic heterocycles. The van der Waals surface area contributed by atoms with E-state index >= 15 is 0 Å². The van der Waals surface area contributed by atoms with Crippen molar-refractivity contribution in [3.8, 4) is 0 Å². The minimum Gasteiger partial charge on any atom is -0.263 e. The first kappa shape index (κ1) is 28.2. The van der Waals surface area contributed by atoms with Crippen LogP contribution in [0, 0.1) is 13.8 Å². The van der Waals surface area contributed by atoms with Gasteiger partial charge in [-0.1, -0.05) is 109 Å². The SMILES string of the molecule is CCCCCCCCCCCCCCCCCC(C)OS(=O)(=O)c1ccc(C)c(C)c1. The fourth-order valence-corrected chi connectivity index (χ4v) is 5.19. The lowest BCUT2D eigenvalue weighted by atomic mass is 10.0. The summed E-state index contributed by atoms with van der Waals surface area (Å²) in [7, 11) is -3.67. The Morgan fingerprint density at radius 2 is 1.16 bits per heavy atom. The van der Waals surface area contributed by atoms with Crippen LogP contribution in [-0.4, -0.2) is 14.5 Å². The van der Waals surface area contributed by atoms with Gasteiger partial charge in [0, 0.05) is 0 Å². The van der Waals surface area contributed by atoms with E-state index in [9.17, 15) is 8.42 Å². The molecular weight excluding hydrogens is 404 g/mol. The summed E-state index contributed by atoms with van der Waals surface area (Å²) in [4.78, 5) is 0.263. The molecular formula is C27H48O3S. The summed E-state index contributed by atoms with van der Waals surface area (Å²) in [6.45, 7) is 8.04. The molecule has 180 valence electrons. The van der Waals surface area contributed by atoms with Crippen molar-refractivity contribution >= 4 is 10.1 Å². The Hall–Kier alpha value is -0.870. The van der Waals surface area contributed by atoms with Crippen LogP contribution in [0.4, 0.5) is 0 Å². The van der Waals surface area contributed by atoms with E-state index in [1.54, 1.807) is 12.1 Å². The Labute approximate surface area is 193 Å². The van der Waals surface area contributed by atoms with Crippen LogP contribution in [0.5, 0.6) is 0 Å². The molecule has 0 aliphatic carbocycles. The van der Waals surface area contributed by atoms with Crippen molar-refractivity contribution in [2.24, 2.45) is 0 Å². The third-order valence-corrected chi connectivity index (χ3v) is 7.69. The largest absolute Gasteiger partial charge is 0.297 e. The lowest BCUT2D eigenvalue weighted by Gasteiger charge is -2.14. The van der Waals surface area contributed by atoms with Gasteiger partial charge in [-0.2, -0.15) is 8.42 Å². The molecule has 0 aliphatic heterocycles. The van der Waals surface area contributed by atoms with Gasteiger partial charge >= 0.3 is 0 Å². The standard InChI is InChI=1S/C27H48O3S/c1-5-6-7-8-9-10-11-12-13-14-15-16-17-18-19-20-26(4)30-31(28,29)27-22-21-24(2)25(3)23-27/h21-23,26H,5-20H2,1-4H3. The van der Waals surface area contributed by atoms with Gasteiger partial charge in [0.1, 0.15) is 0 Å². The first-order valence-electron chi connectivity index (χ1n) is 12.9. The Morgan fingerprint density at radius 1 is 0.710 bits per heavy atom. The van der Waals surface area contributed by atoms with Gasteiger partial charge in [0.15, 0.2) is 0 Å². The minimum atomic E-state index is -3.67. The van der Waals surface area contributed by atoms with Gasteiger partial charge in [0.05, 0.1) is 11.0 Å². The molecule has 0 amide bonds. The summed E-state index contributed by atoms with van der Waals surface area (Å²) in [6, 6.07) is 5.17. The topological polar surface area (TPSA) is 43.4 Å². The highest BCUT2D eigenvalue weighted by Crippen LogP contribution is 2.20. The van der Waals surface area contributed by atoms with Crippen LogP contribution in [0.2, 0.25) is 0 Å². The van der Waals surface area contributed by atoms with E-state index in [-0.39, 0.29) is 11.0 Å². The van der Waals surface area contributed by atoms with E-state index in [4.69, 9.17) is 4.18 Å². The fraction of sp³-hybridized carbons (Fsp3) is 0.778. The molecule has 0 spiro atoms. The van der Waals surface area contributed by atoms with Crippen molar-refractivity contribution in [3.63, 3.8) is 0 Å². The summed E-state index contributed by atoms with van der Waals surface area (Å²) in [5, 5.41) is 0. The number of rotatable bonds is 19. The average molecular weight is 453 g/mol. The number of unbranched alkanes of at least 4 members (excludes halogenated alkanes) is 14. The molecule has 0 saturated heterocycles. The molecule has 0 bridgehead atoms. The van der Waals surface area contributed by atoms with E-state index in [0.29, 0.717) is 0 Å². The first-order valence-corrected chi connectivity index (χ1v) is 14.3. The lowest BCUT2D eigenvalue weighted by molar-refractivity contribution is 0.213. The van der Waals surface area contributed by atoms with Crippen LogP contribution in [0.25, 0.3) is 0 Å². The maximum Gasteiger partial charge on any atom is 0.297 e. The Kier molecular flexibility index (Phi) is 15.2. The Balaban J connectivity index is 2.00. The molecule has 0 N–H and O–H groups in total. The van der Waals surface area contributed by atoms with Gasteiger partial charge in [-0.15, -0.1) is 0 Å². The molecule has 1 unspecified atom stereocenters. The van der Waals surface area contributed by atoms with Crippen LogP contribution < -0.4 is 0 Å². The molecule has 0 heterocycles. The van der Waals surface area contributed by atoms with E-state index < -0.39 is 10.1 Å². The Bertz CT molecular complexity index is 682. The summed E-state index contributed by atoms with van der Waals surface area (Å²) < 4.78 is 30.3. The number of aryl methyl sites for hydroxylation is 2. The molecule has 0 aliphatic rings. The molecule has 1 aromatic rings. The smallest absolute Gasteiger partial charge is 0.263 e. The summed E-state index contributed by atoms with van der Waals surface area (Å²) in [5.41, 5.74) is 2.06. The molecule has 0 radical (unpaired) electrons. The predicted octanol–water partition coefficient (Wildman–Crippen LogP) is 8.66. The highest BCUT2D eigenvalue weighted by molar-refractivity contribution is 7.86. The number of benzene rings is 1. The van der Waals surface area contributed by atoms with Crippen LogP contribution in [-0.2, 0) is 14.3 Å². The highest BCUT2D eigenvalue weighted by atomic mass is 32.2. The van der Waals surface area contributed by atoms with Crippen molar-refractivity contribution in [1.82, 2.24) is 0 Å². The zero-order valence-electron chi connectivity index (χ0n) is 20.8. The zero-order chi connectivity index (χ0) is 23.0.